The van der Waals surface area contributed by atoms with E-state index in [2.05, 4.69) is 20.6 Å². The third-order valence-corrected chi connectivity index (χ3v) is 2.28. The van der Waals surface area contributed by atoms with E-state index in [0.29, 0.717) is 0 Å². The number of hydrogen-bond acceptors (Lipinski definition) is 4. The number of fused-ring (bicyclic) bond motifs is 2. The quantitative estimate of drug-likeness (QED) is 0.654. The molecule has 0 amide bonds. The number of para-hydroxylation sites is 2. The molecule has 70 valence electrons. The Morgan fingerprint density at radius 1 is 0.857 bits per heavy atom. The lowest BCUT2D eigenvalue weighted by molar-refractivity contribution is 1.00. The normalized spacial score (nSPS) is 14.3. The Hall–Kier alpha value is -1.84. The average molecular weight is 186 g/mol. The Kier molecular flexibility index (Phi) is 1.53. The first-order chi connectivity index (χ1) is 6.93. The fraction of sp³-hybridized carbons (Fsp3) is 0.200. The maximum atomic E-state index is 4.48. The predicted octanol–water partition coefficient (Wildman–Crippen LogP) is 1.47. The lowest BCUT2D eigenvalue weighted by Gasteiger charge is -2.17. The molecule has 4 heteroatoms. The Balaban J connectivity index is 2.27. The molecule has 0 radical (unpaired) electrons. The smallest absolute Gasteiger partial charge is 0.169 e. The van der Waals surface area contributed by atoms with Gasteiger partial charge in [0.1, 0.15) is 0 Å². The molecule has 0 unspecified atom stereocenters. The summed E-state index contributed by atoms with van der Waals surface area (Å²) >= 11 is 0. The van der Waals surface area contributed by atoms with Gasteiger partial charge in [0, 0.05) is 13.1 Å². The SMILES string of the molecule is c1ccc2nc3c(nc2c1)NCCN3. The fourth-order valence-electron chi connectivity index (χ4n) is 1.61. The van der Waals surface area contributed by atoms with E-state index < -0.39 is 0 Å². The maximum absolute atomic E-state index is 4.48. The van der Waals surface area contributed by atoms with E-state index >= 15 is 0 Å². The summed E-state index contributed by atoms with van der Waals surface area (Å²) in [4.78, 5) is 8.96. The van der Waals surface area contributed by atoms with Gasteiger partial charge in [-0.05, 0) is 12.1 Å². The maximum Gasteiger partial charge on any atom is 0.169 e. The molecule has 0 saturated carbocycles. The molecule has 2 N–H and O–H groups in total. The average Bonchev–Trinajstić information content (AvgIpc) is 2.26. The zero-order valence-corrected chi connectivity index (χ0v) is 7.62. The molecule has 0 aliphatic carbocycles. The van der Waals surface area contributed by atoms with Crippen LogP contribution in [0.25, 0.3) is 11.0 Å². The first-order valence-corrected chi connectivity index (χ1v) is 4.68. The summed E-state index contributed by atoms with van der Waals surface area (Å²) in [7, 11) is 0. The molecular formula is C10H10N4. The van der Waals surface area contributed by atoms with Crippen LogP contribution in [-0.4, -0.2) is 23.1 Å². The molecule has 1 aromatic carbocycles. The van der Waals surface area contributed by atoms with Crippen molar-refractivity contribution in [2.24, 2.45) is 0 Å². The van der Waals surface area contributed by atoms with Crippen LogP contribution in [0.4, 0.5) is 11.6 Å². The van der Waals surface area contributed by atoms with Crippen molar-refractivity contribution in [3.8, 4) is 0 Å². The Labute approximate surface area is 81.4 Å². The highest BCUT2D eigenvalue weighted by molar-refractivity contribution is 5.80. The second-order valence-corrected chi connectivity index (χ2v) is 3.26. The molecular weight excluding hydrogens is 176 g/mol. The molecule has 1 aliphatic rings. The van der Waals surface area contributed by atoms with Crippen LogP contribution in [0.15, 0.2) is 24.3 Å². The van der Waals surface area contributed by atoms with Crippen molar-refractivity contribution < 1.29 is 0 Å². The number of aromatic nitrogens is 2. The molecule has 0 fully saturated rings. The van der Waals surface area contributed by atoms with Crippen LogP contribution in [0.2, 0.25) is 0 Å². The molecule has 0 atom stereocenters. The van der Waals surface area contributed by atoms with Gasteiger partial charge in [0.15, 0.2) is 11.6 Å². The Morgan fingerprint density at radius 2 is 1.36 bits per heavy atom. The van der Waals surface area contributed by atoms with Gasteiger partial charge in [-0.2, -0.15) is 0 Å². The second kappa shape index (κ2) is 2.83. The summed E-state index contributed by atoms with van der Waals surface area (Å²) in [5.41, 5.74) is 1.87. The highest BCUT2D eigenvalue weighted by Crippen LogP contribution is 2.22. The molecule has 1 aromatic heterocycles. The topological polar surface area (TPSA) is 49.8 Å². The molecule has 0 spiro atoms. The van der Waals surface area contributed by atoms with Crippen LogP contribution < -0.4 is 10.6 Å². The minimum Gasteiger partial charge on any atom is -0.365 e. The van der Waals surface area contributed by atoms with Gasteiger partial charge in [0.05, 0.1) is 11.0 Å². The van der Waals surface area contributed by atoms with Crippen molar-refractivity contribution in [2.75, 3.05) is 23.7 Å². The van der Waals surface area contributed by atoms with E-state index in [1.54, 1.807) is 0 Å². The number of anilines is 2. The van der Waals surface area contributed by atoms with Crippen LogP contribution in [0.5, 0.6) is 0 Å². The number of rotatable bonds is 0. The van der Waals surface area contributed by atoms with Crippen molar-refractivity contribution in [3.05, 3.63) is 24.3 Å². The van der Waals surface area contributed by atoms with Gasteiger partial charge in [0.25, 0.3) is 0 Å². The lowest BCUT2D eigenvalue weighted by Crippen LogP contribution is -2.22. The van der Waals surface area contributed by atoms with Crippen LogP contribution >= 0.6 is 0 Å². The number of benzene rings is 1. The van der Waals surface area contributed by atoms with E-state index in [4.69, 9.17) is 0 Å². The Bertz CT molecular complexity index is 436. The number of nitrogens with zero attached hydrogens (tertiary/aromatic N) is 2. The van der Waals surface area contributed by atoms with Gasteiger partial charge in [-0.1, -0.05) is 12.1 Å². The first-order valence-electron chi connectivity index (χ1n) is 4.68. The van der Waals surface area contributed by atoms with Gasteiger partial charge in [0.2, 0.25) is 0 Å². The fourth-order valence-corrected chi connectivity index (χ4v) is 1.61. The molecule has 2 heterocycles. The van der Waals surface area contributed by atoms with Crippen molar-refractivity contribution in [1.29, 1.82) is 0 Å². The first kappa shape index (κ1) is 7.55. The summed E-state index contributed by atoms with van der Waals surface area (Å²) in [6.45, 7) is 1.81. The lowest BCUT2D eigenvalue weighted by atomic mass is 10.3. The highest BCUT2D eigenvalue weighted by atomic mass is 15.1. The highest BCUT2D eigenvalue weighted by Gasteiger charge is 2.11. The van der Waals surface area contributed by atoms with Gasteiger partial charge < -0.3 is 10.6 Å². The van der Waals surface area contributed by atoms with E-state index in [1.165, 1.54) is 0 Å². The van der Waals surface area contributed by atoms with Crippen molar-refractivity contribution in [2.45, 2.75) is 0 Å². The summed E-state index contributed by atoms with van der Waals surface area (Å²) in [6, 6.07) is 7.89. The van der Waals surface area contributed by atoms with Crippen LogP contribution in [-0.2, 0) is 0 Å². The second-order valence-electron chi connectivity index (χ2n) is 3.26. The molecule has 0 bridgehead atoms. The van der Waals surface area contributed by atoms with Crippen molar-refractivity contribution >= 4 is 22.7 Å². The van der Waals surface area contributed by atoms with Crippen LogP contribution in [0.1, 0.15) is 0 Å². The molecule has 4 nitrogen and oxygen atoms in total. The monoisotopic (exact) mass is 186 g/mol. The van der Waals surface area contributed by atoms with E-state index in [0.717, 1.165) is 35.8 Å². The summed E-state index contributed by atoms with van der Waals surface area (Å²) in [6.07, 6.45) is 0. The molecule has 3 rings (SSSR count). The largest absolute Gasteiger partial charge is 0.365 e. The van der Waals surface area contributed by atoms with Crippen molar-refractivity contribution in [3.63, 3.8) is 0 Å². The minimum absolute atomic E-state index is 0.856. The molecule has 0 saturated heterocycles. The van der Waals surface area contributed by atoms with E-state index in [-0.39, 0.29) is 0 Å². The van der Waals surface area contributed by atoms with Gasteiger partial charge in [-0.15, -0.1) is 0 Å². The predicted molar refractivity (Wildman–Crippen MR) is 56.5 cm³/mol. The van der Waals surface area contributed by atoms with Gasteiger partial charge in [-0.3, -0.25) is 0 Å². The molecule has 14 heavy (non-hydrogen) atoms. The molecule has 2 aromatic rings. The summed E-state index contributed by atoms with van der Waals surface area (Å²) in [5, 5.41) is 6.44. The van der Waals surface area contributed by atoms with Crippen molar-refractivity contribution in [1.82, 2.24) is 9.97 Å². The van der Waals surface area contributed by atoms with Crippen LogP contribution in [0, 0.1) is 0 Å². The summed E-state index contributed by atoms with van der Waals surface area (Å²) in [5.74, 6) is 1.71. The van der Waals surface area contributed by atoms with Gasteiger partial charge >= 0.3 is 0 Å². The van der Waals surface area contributed by atoms with E-state index in [9.17, 15) is 0 Å². The zero-order valence-electron chi connectivity index (χ0n) is 7.62. The standard InChI is InChI=1S/C10H10N4/c1-2-4-8-7(3-1)13-9-10(14-8)12-6-5-11-9/h1-4H,5-6H2,(H,11,13)(H,12,14). The minimum atomic E-state index is 0.856. The van der Waals surface area contributed by atoms with Gasteiger partial charge in [-0.25, -0.2) is 9.97 Å². The van der Waals surface area contributed by atoms with Crippen LogP contribution in [0.3, 0.4) is 0 Å². The summed E-state index contributed by atoms with van der Waals surface area (Å²) < 4.78 is 0. The zero-order chi connectivity index (χ0) is 9.38. The number of nitrogens with one attached hydrogen (secondary N) is 2. The van der Waals surface area contributed by atoms with E-state index in [1.807, 2.05) is 24.3 Å². The number of hydrogen-bond donors (Lipinski definition) is 2. The molecule has 1 aliphatic heterocycles. The Morgan fingerprint density at radius 3 is 1.86 bits per heavy atom. The third-order valence-electron chi connectivity index (χ3n) is 2.28. The third kappa shape index (κ3) is 1.08.